The molecule has 1 heterocycles. The second-order valence-electron chi connectivity index (χ2n) is 5.40. The number of anilines is 2. The third kappa shape index (κ3) is 3.97. The lowest BCUT2D eigenvalue weighted by molar-refractivity contribution is 0.0169. The zero-order valence-corrected chi connectivity index (χ0v) is 16.3. The van der Waals surface area contributed by atoms with E-state index in [1.54, 1.807) is 18.2 Å². The molecule has 0 fully saturated rings. The molecule has 0 saturated heterocycles. The van der Waals surface area contributed by atoms with Gasteiger partial charge >= 0.3 is 0 Å². The molecule has 146 valence electrons. The molecule has 0 saturated carbocycles. The number of benzene rings is 2. The molecule has 12 heteroatoms. The maximum absolute atomic E-state index is 15.1. The summed E-state index contributed by atoms with van der Waals surface area (Å²) in [4.78, 5) is 32.0. The minimum atomic E-state index is -0.883. The molecular formula is C16H12BrClFN5O4. The predicted octanol–water partition coefficient (Wildman–Crippen LogP) is 3.52. The van der Waals surface area contributed by atoms with Crippen LogP contribution in [0.1, 0.15) is 10.4 Å². The number of rotatable bonds is 7. The highest BCUT2D eigenvalue weighted by atomic mass is 79.9. The normalized spacial score (nSPS) is 10.9. The number of aliphatic hydroxyl groups is 1. The molecular weight excluding hydrogens is 461 g/mol. The summed E-state index contributed by atoms with van der Waals surface area (Å²) in [5, 5.41) is 14.5. The van der Waals surface area contributed by atoms with Crippen molar-refractivity contribution in [1.29, 1.82) is 0 Å². The first kappa shape index (κ1) is 20.1. The lowest BCUT2D eigenvalue weighted by Crippen LogP contribution is -2.26. The summed E-state index contributed by atoms with van der Waals surface area (Å²) in [6.07, 6.45) is 1.03. The van der Waals surface area contributed by atoms with Crippen LogP contribution in [0.2, 0.25) is 5.02 Å². The second kappa shape index (κ2) is 8.61. The van der Waals surface area contributed by atoms with Gasteiger partial charge in [-0.15, -0.1) is 4.91 Å². The SMILES string of the molecule is O=Nn1cnc2c(F)c(Nc3ccc(Br)cc3Cl)c(C(=O)NOCCO)cc21. The fraction of sp³-hybridized carbons (Fsp3) is 0.125. The van der Waals surface area contributed by atoms with E-state index in [1.165, 1.54) is 6.07 Å². The summed E-state index contributed by atoms with van der Waals surface area (Å²) in [5.41, 5.74) is 1.84. The Labute approximate surface area is 170 Å². The minimum absolute atomic E-state index is 0.00717. The van der Waals surface area contributed by atoms with Crippen molar-refractivity contribution in [3.8, 4) is 0 Å². The molecule has 0 aliphatic rings. The number of imidazole rings is 1. The molecule has 3 aromatic rings. The first-order valence-corrected chi connectivity index (χ1v) is 8.91. The lowest BCUT2D eigenvalue weighted by Gasteiger charge is -2.15. The lowest BCUT2D eigenvalue weighted by atomic mass is 10.1. The van der Waals surface area contributed by atoms with Gasteiger partial charge in [0, 0.05) is 4.47 Å². The molecule has 0 bridgehead atoms. The monoisotopic (exact) mass is 471 g/mol. The molecule has 0 spiro atoms. The van der Waals surface area contributed by atoms with Gasteiger partial charge in [0.2, 0.25) is 0 Å². The number of fused-ring (bicyclic) bond motifs is 1. The van der Waals surface area contributed by atoms with E-state index in [2.05, 4.69) is 37.0 Å². The van der Waals surface area contributed by atoms with Crippen molar-refractivity contribution in [1.82, 2.24) is 15.1 Å². The molecule has 0 aliphatic heterocycles. The van der Waals surface area contributed by atoms with Crippen molar-refractivity contribution >= 4 is 55.8 Å². The molecule has 0 radical (unpaired) electrons. The Morgan fingerprint density at radius 1 is 1.43 bits per heavy atom. The Hall–Kier alpha value is -2.60. The van der Waals surface area contributed by atoms with E-state index >= 15 is 4.39 Å². The van der Waals surface area contributed by atoms with Crippen molar-refractivity contribution in [3.63, 3.8) is 0 Å². The summed E-state index contributed by atoms with van der Waals surface area (Å²) < 4.78 is 16.6. The highest BCUT2D eigenvalue weighted by molar-refractivity contribution is 9.10. The van der Waals surface area contributed by atoms with Crippen molar-refractivity contribution < 1.29 is 19.1 Å². The van der Waals surface area contributed by atoms with Crippen molar-refractivity contribution in [2.75, 3.05) is 18.5 Å². The van der Waals surface area contributed by atoms with Gasteiger partial charge in [0.25, 0.3) is 5.91 Å². The quantitative estimate of drug-likeness (QED) is 0.275. The maximum atomic E-state index is 15.1. The van der Waals surface area contributed by atoms with Crippen LogP contribution in [-0.2, 0) is 4.84 Å². The molecule has 3 N–H and O–H groups in total. The number of hydrogen-bond donors (Lipinski definition) is 3. The first-order chi connectivity index (χ1) is 13.5. The van der Waals surface area contributed by atoms with Crippen molar-refractivity contribution in [3.05, 3.63) is 56.4 Å². The standard InChI is InChI=1S/C16H12BrClFN5O4/c17-8-1-2-11(10(18)5-8)21-14-9(16(26)22-28-4-3-25)6-12-15(13(14)19)20-7-24(12)23-27/h1-2,5-7,21,25H,3-4H2,(H,22,26). The number of aliphatic hydroxyl groups excluding tert-OH is 1. The predicted molar refractivity (Wildman–Crippen MR) is 104 cm³/mol. The molecule has 2 aromatic carbocycles. The van der Waals surface area contributed by atoms with E-state index in [-0.39, 0.29) is 40.5 Å². The number of nitrogens with zero attached hydrogens (tertiary/aromatic N) is 3. The van der Waals surface area contributed by atoms with Gasteiger partial charge < -0.3 is 10.4 Å². The number of carbonyl (C=O) groups excluding carboxylic acids is 1. The van der Waals surface area contributed by atoms with Gasteiger partial charge in [-0.2, -0.15) is 4.68 Å². The number of hydrogen-bond acceptors (Lipinski definition) is 7. The zero-order chi connectivity index (χ0) is 20.3. The molecule has 9 nitrogen and oxygen atoms in total. The van der Waals surface area contributed by atoms with Crippen molar-refractivity contribution in [2.45, 2.75) is 0 Å². The number of halogens is 3. The minimum Gasteiger partial charge on any atom is -0.394 e. The van der Waals surface area contributed by atoms with Crippen molar-refractivity contribution in [2.24, 2.45) is 5.29 Å². The van der Waals surface area contributed by atoms with E-state index in [1.807, 2.05) is 0 Å². The smallest absolute Gasteiger partial charge is 0.277 e. The third-order valence-corrected chi connectivity index (χ3v) is 4.45. The largest absolute Gasteiger partial charge is 0.394 e. The van der Waals surface area contributed by atoms with E-state index < -0.39 is 11.7 Å². The summed E-state index contributed by atoms with van der Waals surface area (Å²) in [7, 11) is 0. The average Bonchev–Trinajstić information content (AvgIpc) is 3.09. The maximum Gasteiger partial charge on any atom is 0.277 e. The molecule has 1 aromatic heterocycles. The van der Waals surface area contributed by atoms with Crippen LogP contribution in [0.25, 0.3) is 11.0 Å². The number of hydroxylamine groups is 1. The Balaban J connectivity index is 2.12. The number of aromatic nitrogens is 2. The van der Waals surface area contributed by atoms with Crippen LogP contribution < -0.4 is 10.8 Å². The highest BCUT2D eigenvalue weighted by Crippen LogP contribution is 2.34. The first-order valence-electron chi connectivity index (χ1n) is 7.74. The van der Waals surface area contributed by atoms with E-state index in [0.29, 0.717) is 10.2 Å². The van der Waals surface area contributed by atoms with Crippen LogP contribution in [0.4, 0.5) is 15.8 Å². The Bertz CT molecular complexity index is 1060. The van der Waals surface area contributed by atoms with Gasteiger partial charge in [-0.25, -0.2) is 14.9 Å². The van der Waals surface area contributed by atoms with Crippen LogP contribution in [0.5, 0.6) is 0 Å². The molecule has 1 amide bonds. The number of nitroso groups, excluding NO2 is 1. The Morgan fingerprint density at radius 3 is 2.89 bits per heavy atom. The number of amides is 1. The van der Waals surface area contributed by atoms with Gasteiger partial charge in [0.1, 0.15) is 11.8 Å². The van der Waals surface area contributed by atoms with E-state index in [9.17, 15) is 9.70 Å². The fourth-order valence-electron chi connectivity index (χ4n) is 2.41. The van der Waals surface area contributed by atoms with Gasteiger partial charge in [-0.3, -0.25) is 9.63 Å². The van der Waals surface area contributed by atoms with E-state index in [0.717, 1.165) is 11.0 Å². The molecule has 3 rings (SSSR count). The molecule has 0 atom stereocenters. The van der Waals surface area contributed by atoms with Crippen LogP contribution in [0.15, 0.2) is 40.4 Å². The third-order valence-electron chi connectivity index (χ3n) is 3.65. The average molecular weight is 473 g/mol. The van der Waals surface area contributed by atoms with Gasteiger partial charge in [-0.05, 0) is 24.3 Å². The van der Waals surface area contributed by atoms with Gasteiger partial charge in [0.15, 0.2) is 5.82 Å². The summed E-state index contributed by atoms with van der Waals surface area (Å²) in [6, 6.07) is 6.10. The summed E-state index contributed by atoms with van der Waals surface area (Å²) >= 11 is 9.44. The van der Waals surface area contributed by atoms with Crippen LogP contribution in [0.3, 0.4) is 0 Å². The summed E-state index contributed by atoms with van der Waals surface area (Å²) in [6.45, 7) is -0.485. The molecule has 28 heavy (non-hydrogen) atoms. The second-order valence-corrected chi connectivity index (χ2v) is 6.73. The van der Waals surface area contributed by atoms with Gasteiger partial charge in [0.05, 0.1) is 46.0 Å². The molecule has 0 aliphatic carbocycles. The molecule has 0 unspecified atom stereocenters. The highest BCUT2D eigenvalue weighted by Gasteiger charge is 2.23. The van der Waals surface area contributed by atoms with Crippen LogP contribution in [-0.4, -0.2) is 33.9 Å². The topological polar surface area (TPSA) is 118 Å². The summed E-state index contributed by atoms with van der Waals surface area (Å²) in [5.74, 6) is -1.70. The Kier molecular flexibility index (Phi) is 6.19. The Morgan fingerprint density at radius 2 is 2.21 bits per heavy atom. The van der Waals surface area contributed by atoms with Crippen LogP contribution >= 0.6 is 27.5 Å². The zero-order valence-electron chi connectivity index (χ0n) is 13.9. The number of nitrogens with one attached hydrogen (secondary N) is 2. The van der Waals surface area contributed by atoms with Gasteiger partial charge in [-0.1, -0.05) is 27.5 Å². The van der Waals surface area contributed by atoms with Crippen LogP contribution in [0, 0.1) is 10.7 Å². The van der Waals surface area contributed by atoms with E-state index in [4.69, 9.17) is 21.5 Å². The number of carbonyl (C=O) groups is 1. The fourth-order valence-corrected chi connectivity index (χ4v) is 3.13.